The van der Waals surface area contributed by atoms with E-state index in [-0.39, 0.29) is 5.54 Å². The Hall–Kier alpha value is -2.71. The molecule has 152 valence electrons. The normalized spacial score (nSPS) is 19.3. The molecule has 0 aliphatic carbocycles. The Morgan fingerprint density at radius 2 is 1.90 bits per heavy atom. The first-order chi connectivity index (χ1) is 14.0. The van der Waals surface area contributed by atoms with Gasteiger partial charge in [-0.1, -0.05) is 0 Å². The Morgan fingerprint density at radius 3 is 2.66 bits per heavy atom. The molecule has 5 heterocycles. The monoisotopic (exact) mass is 392 g/mol. The lowest BCUT2D eigenvalue weighted by Crippen LogP contribution is -2.44. The van der Waals surface area contributed by atoms with Gasteiger partial charge in [-0.2, -0.15) is 4.98 Å². The van der Waals surface area contributed by atoms with Gasteiger partial charge in [0.25, 0.3) is 0 Å². The summed E-state index contributed by atoms with van der Waals surface area (Å²) >= 11 is 0. The van der Waals surface area contributed by atoms with Gasteiger partial charge in [-0.3, -0.25) is 0 Å². The summed E-state index contributed by atoms with van der Waals surface area (Å²) in [5.41, 5.74) is 3.36. The average molecular weight is 393 g/mol. The van der Waals surface area contributed by atoms with Crippen molar-refractivity contribution in [3.05, 3.63) is 36.3 Å². The van der Waals surface area contributed by atoms with Gasteiger partial charge in [-0.05, 0) is 39.1 Å². The van der Waals surface area contributed by atoms with Gasteiger partial charge in [0.1, 0.15) is 11.5 Å². The van der Waals surface area contributed by atoms with E-state index in [1.165, 1.54) is 5.69 Å². The number of rotatable bonds is 3. The van der Waals surface area contributed by atoms with Crippen molar-refractivity contribution in [3.63, 3.8) is 0 Å². The number of fused-ring (bicyclic) bond motifs is 3. The maximum Gasteiger partial charge on any atom is 0.230 e. The minimum Gasteiger partial charge on any atom is -0.368 e. The Kier molecular flexibility index (Phi) is 4.40. The van der Waals surface area contributed by atoms with Crippen LogP contribution >= 0.6 is 0 Å². The van der Waals surface area contributed by atoms with E-state index in [2.05, 4.69) is 68.0 Å². The molecule has 0 atom stereocenters. The van der Waals surface area contributed by atoms with Crippen LogP contribution in [0.4, 0.5) is 17.5 Å². The summed E-state index contributed by atoms with van der Waals surface area (Å²) in [4.78, 5) is 18.6. The van der Waals surface area contributed by atoms with Crippen LogP contribution in [0.15, 0.2) is 30.6 Å². The summed E-state index contributed by atoms with van der Waals surface area (Å²) < 4.78 is 2.33. The second-order valence-electron chi connectivity index (χ2n) is 8.68. The minimum atomic E-state index is -0.0244. The molecule has 2 N–H and O–H groups in total. The predicted molar refractivity (Wildman–Crippen MR) is 116 cm³/mol. The van der Waals surface area contributed by atoms with Crippen molar-refractivity contribution in [2.45, 2.75) is 25.9 Å². The van der Waals surface area contributed by atoms with Crippen LogP contribution in [0, 0.1) is 0 Å². The first kappa shape index (κ1) is 18.3. The second kappa shape index (κ2) is 6.96. The van der Waals surface area contributed by atoms with E-state index in [1.807, 2.05) is 18.5 Å². The largest absolute Gasteiger partial charge is 0.368 e. The van der Waals surface area contributed by atoms with Gasteiger partial charge in [0.2, 0.25) is 5.95 Å². The molecular formula is C21H28N8. The van der Waals surface area contributed by atoms with Crippen LogP contribution < -0.4 is 15.5 Å². The number of hydrogen-bond donors (Lipinski definition) is 2. The highest BCUT2D eigenvalue weighted by Crippen LogP contribution is 2.29. The zero-order valence-electron chi connectivity index (χ0n) is 17.3. The highest BCUT2D eigenvalue weighted by Gasteiger charge is 2.29. The third-order valence-corrected chi connectivity index (χ3v) is 5.94. The molecule has 0 radical (unpaired) electrons. The van der Waals surface area contributed by atoms with Crippen molar-refractivity contribution in [3.8, 4) is 0 Å². The molecule has 5 rings (SSSR count). The van der Waals surface area contributed by atoms with E-state index in [0.29, 0.717) is 5.95 Å². The van der Waals surface area contributed by atoms with Gasteiger partial charge >= 0.3 is 0 Å². The molecule has 0 amide bonds. The SMILES string of the molecule is CN1CCN(c2ccc(Nc3ncc4cc5n(c4n3)C(C)(C)CNC5)nc2)CC1. The van der Waals surface area contributed by atoms with Gasteiger partial charge in [-0.15, -0.1) is 0 Å². The van der Waals surface area contributed by atoms with Crippen molar-refractivity contribution in [1.82, 2.24) is 29.7 Å². The van der Waals surface area contributed by atoms with Gasteiger partial charge in [0.05, 0.1) is 17.4 Å². The second-order valence-corrected chi connectivity index (χ2v) is 8.68. The highest BCUT2D eigenvalue weighted by atomic mass is 15.3. The van der Waals surface area contributed by atoms with Gasteiger partial charge in [0, 0.05) is 56.5 Å². The quantitative estimate of drug-likeness (QED) is 0.707. The number of hydrogen-bond acceptors (Lipinski definition) is 7. The number of piperazine rings is 1. The van der Waals surface area contributed by atoms with Crippen molar-refractivity contribution in [1.29, 1.82) is 0 Å². The fourth-order valence-electron chi connectivity index (χ4n) is 4.31. The molecule has 8 heteroatoms. The molecule has 29 heavy (non-hydrogen) atoms. The summed E-state index contributed by atoms with van der Waals surface area (Å²) in [7, 11) is 2.17. The van der Waals surface area contributed by atoms with Crippen molar-refractivity contribution in [2.24, 2.45) is 0 Å². The predicted octanol–water partition coefficient (Wildman–Crippen LogP) is 2.16. The summed E-state index contributed by atoms with van der Waals surface area (Å²) in [5.74, 6) is 1.33. The Morgan fingerprint density at radius 1 is 1.07 bits per heavy atom. The number of aromatic nitrogens is 4. The molecule has 3 aromatic rings. The standard InChI is InChI=1S/C21H28N8/c1-21(2)14-22-12-17-10-15-11-24-20(26-19(15)29(17)21)25-18-5-4-16(13-23-18)28-8-6-27(3)7-9-28/h4-5,10-11,13,22H,6-9,12,14H2,1-3H3,(H,23,24,25,26). The summed E-state index contributed by atoms with van der Waals surface area (Å²) in [5, 5.41) is 7.82. The lowest BCUT2D eigenvalue weighted by atomic mass is 10.0. The van der Waals surface area contributed by atoms with Gasteiger partial charge in [0.15, 0.2) is 0 Å². The van der Waals surface area contributed by atoms with Gasteiger partial charge in [-0.25, -0.2) is 9.97 Å². The van der Waals surface area contributed by atoms with Crippen LogP contribution in [-0.4, -0.2) is 64.2 Å². The number of pyridine rings is 1. The third kappa shape index (κ3) is 3.42. The van der Waals surface area contributed by atoms with Crippen molar-refractivity contribution < 1.29 is 0 Å². The minimum absolute atomic E-state index is 0.0244. The highest BCUT2D eigenvalue weighted by molar-refractivity contribution is 5.78. The molecule has 8 nitrogen and oxygen atoms in total. The molecule has 1 saturated heterocycles. The maximum atomic E-state index is 4.82. The molecule has 2 aliphatic rings. The molecular weight excluding hydrogens is 364 g/mol. The van der Waals surface area contributed by atoms with Crippen LogP contribution in [-0.2, 0) is 12.1 Å². The van der Waals surface area contributed by atoms with E-state index in [1.54, 1.807) is 0 Å². The Labute approximate surface area is 171 Å². The first-order valence-electron chi connectivity index (χ1n) is 10.2. The zero-order chi connectivity index (χ0) is 20.0. The van der Waals surface area contributed by atoms with Crippen LogP contribution in [0.25, 0.3) is 11.0 Å². The molecule has 0 spiro atoms. The number of nitrogens with one attached hydrogen (secondary N) is 2. The van der Waals surface area contributed by atoms with E-state index in [0.717, 1.165) is 61.8 Å². The third-order valence-electron chi connectivity index (χ3n) is 5.94. The van der Waals surface area contributed by atoms with Crippen LogP contribution in [0.1, 0.15) is 19.5 Å². The molecule has 3 aromatic heterocycles. The maximum absolute atomic E-state index is 4.82. The van der Waals surface area contributed by atoms with E-state index in [9.17, 15) is 0 Å². The lowest BCUT2D eigenvalue weighted by Gasteiger charge is -2.34. The molecule has 0 saturated carbocycles. The molecule has 1 fully saturated rings. The average Bonchev–Trinajstić information content (AvgIpc) is 3.08. The summed E-state index contributed by atoms with van der Waals surface area (Å²) in [6, 6.07) is 6.30. The van der Waals surface area contributed by atoms with Crippen LogP contribution in [0.3, 0.4) is 0 Å². The molecule has 0 bridgehead atoms. The smallest absolute Gasteiger partial charge is 0.230 e. The first-order valence-corrected chi connectivity index (χ1v) is 10.2. The van der Waals surface area contributed by atoms with Crippen LogP contribution in [0.2, 0.25) is 0 Å². The van der Waals surface area contributed by atoms with E-state index < -0.39 is 0 Å². The van der Waals surface area contributed by atoms with Crippen LogP contribution in [0.5, 0.6) is 0 Å². The number of anilines is 3. The summed E-state index contributed by atoms with van der Waals surface area (Å²) in [6.45, 7) is 10.5. The van der Waals surface area contributed by atoms with Gasteiger partial charge < -0.3 is 25.0 Å². The van der Waals surface area contributed by atoms with Crippen molar-refractivity contribution >= 4 is 28.5 Å². The Bertz CT molecular complexity index is 1020. The van der Waals surface area contributed by atoms with E-state index >= 15 is 0 Å². The number of nitrogens with zero attached hydrogens (tertiary/aromatic N) is 6. The fraction of sp³-hybridized carbons (Fsp3) is 0.476. The Balaban J connectivity index is 1.38. The zero-order valence-corrected chi connectivity index (χ0v) is 17.3. The summed E-state index contributed by atoms with van der Waals surface area (Å²) in [6.07, 6.45) is 3.82. The topological polar surface area (TPSA) is 74.1 Å². The van der Waals surface area contributed by atoms with E-state index in [4.69, 9.17) is 4.98 Å². The fourth-order valence-corrected chi connectivity index (χ4v) is 4.31. The van der Waals surface area contributed by atoms with Crippen molar-refractivity contribution in [2.75, 3.05) is 50.0 Å². The molecule has 2 aliphatic heterocycles. The lowest BCUT2D eigenvalue weighted by molar-refractivity contribution is 0.298. The number of likely N-dealkylation sites (N-methyl/N-ethyl adjacent to an activating group) is 1. The molecule has 0 aromatic carbocycles. The molecule has 0 unspecified atom stereocenters.